The van der Waals surface area contributed by atoms with Gasteiger partial charge in [0.05, 0.1) is 17.1 Å². The molecule has 0 saturated carbocycles. The first-order valence-electron chi connectivity index (χ1n) is 13.0. The van der Waals surface area contributed by atoms with Crippen molar-refractivity contribution in [2.45, 2.75) is 60.6 Å². The molecule has 2 aromatic carbocycles. The van der Waals surface area contributed by atoms with Gasteiger partial charge in [0.1, 0.15) is 29.2 Å². The number of piperidine rings is 1. The van der Waals surface area contributed by atoms with Crippen molar-refractivity contribution < 1.29 is 35.8 Å². The van der Waals surface area contributed by atoms with E-state index in [1.807, 2.05) is 0 Å². The molecule has 2 aliphatic heterocycles. The molecule has 13 heteroatoms. The molecule has 1 unspecified atom stereocenters. The van der Waals surface area contributed by atoms with Crippen molar-refractivity contribution >= 4 is 20.0 Å². The molecular formula is C26H36FN3O7S2. The summed E-state index contributed by atoms with van der Waals surface area (Å²) >= 11 is 0. The smallest absolute Gasteiger partial charge is 0.245 e. The lowest BCUT2D eigenvalue weighted by molar-refractivity contribution is -0.0312. The first kappa shape index (κ1) is 29.8. The van der Waals surface area contributed by atoms with Gasteiger partial charge in [-0.05, 0) is 56.0 Å². The molecule has 4 rings (SSSR count). The van der Waals surface area contributed by atoms with Gasteiger partial charge in [-0.25, -0.2) is 25.9 Å². The second kappa shape index (κ2) is 12.2. The van der Waals surface area contributed by atoms with Crippen LogP contribution in [0.25, 0.3) is 0 Å². The van der Waals surface area contributed by atoms with Crippen LogP contribution in [-0.4, -0.2) is 83.4 Å². The molecule has 0 aliphatic carbocycles. The van der Waals surface area contributed by atoms with Crippen molar-refractivity contribution in [3.63, 3.8) is 0 Å². The van der Waals surface area contributed by atoms with Crippen LogP contribution in [0.2, 0.25) is 0 Å². The Morgan fingerprint density at radius 1 is 1.18 bits per heavy atom. The van der Waals surface area contributed by atoms with E-state index >= 15 is 0 Å². The quantitative estimate of drug-likeness (QED) is 0.363. The number of sulfonamides is 2. The van der Waals surface area contributed by atoms with Gasteiger partial charge < -0.3 is 19.9 Å². The Labute approximate surface area is 229 Å². The largest absolute Gasteiger partial charge is 0.491 e. The van der Waals surface area contributed by atoms with Gasteiger partial charge in [-0.3, -0.25) is 0 Å². The third kappa shape index (κ3) is 7.15. The maximum absolute atomic E-state index is 14.3. The van der Waals surface area contributed by atoms with Crippen LogP contribution in [0.1, 0.15) is 31.7 Å². The molecule has 2 heterocycles. The molecule has 0 aromatic heterocycles. The SMILES string of the molecule is CCNS(=O)(=O)c1cccc(OC[C@@H](O)CNC2COC3(CCN(S(=O)(=O)c4cc(C)ccc4F)CC3)C2)c1. The van der Waals surface area contributed by atoms with E-state index in [0.29, 0.717) is 37.2 Å². The molecule has 2 fully saturated rings. The van der Waals surface area contributed by atoms with Gasteiger partial charge in [0.15, 0.2) is 0 Å². The number of nitrogens with one attached hydrogen (secondary N) is 2. The summed E-state index contributed by atoms with van der Waals surface area (Å²) in [5.41, 5.74) is 0.212. The van der Waals surface area contributed by atoms with Gasteiger partial charge >= 0.3 is 0 Å². The Balaban J connectivity index is 1.24. The summed E-state index contributed by atoms with van der Waals surface area (Å²) in [6, 6.07) is 10.1. The van der Waals surface area contributed by atoms with E-state index in [1.165, 1.54) is 28.6 Å². The normalized spacial score (nSPS) is 20.8. The minimum atomic E-state index is -3.94. The van der Waals surface area contributed by atoms with Crippen molar-refractivity contribution in [2.75, 3.05) is 39.4 Å². The Morgan fingerprint density at radius 3 is 2.64 bits per heavy atom. The molecule has 0 bridgehead atoms. The van der Waals surface area contributed by atoms with E-state index in [0.717, 1.165) is 0 Å². The fourth-order valence-electron chi connectivity index (χ4n) is 4.96. The predicted octanol–water partition coefficient (Wildman–Crippen LogP) is 1.77. The van der Waals surface area contributed by atoms with Crippen LogP contribution >= 0.6 is 0 Å². The number of hydrogen-bond donors (Lipinski definition) is 3. The van der Waals surface area contributed by atoms with Gasteiger partial charge in [0.2, 0.25) is 20.0 Å². The van der Waals surface area contributed by atoms with E-state index in [4.69, 9.17) is 9.47 Å². The lowest BCUT2D eigenvalue weighted by Crippen LogP contribution is -2.47. The average molecular weight is 586 g/mol. The highest BCUT2D eigenvalue weighted by atomic mass is 32.2. The maximum atomic E-state index is 14.3. The highest BCUT2D eigenvalue weighted by Gasteiger charge is 2.45. The van der Waals surface area contributed by atoms with E-state index in [2.05, 4.69) is 10.0 Å². The Morgan fingerprint density at radius 2 is 1.92 bits per heavy atom. The summed E-state index contributed by atoms with van der Waals surface area (Å²) in [4.78, 5) is -0.210. The van der Waals surface area contributed by atoms with Crippen molar-refractivity contribution in [1.82, 2.24) is 14.3 Å². The van der Waals surface area contributed by atoms with Crippen LogP contribution in [0.5, 0.6) is 5.75 Å². The maximum Gasteiger partial charge on any atom is 0.245 e. The first-order chi connectivity index (χ1) is 18.4. The number of aliphatic hydroxyl groups is 1. The van der Waals surface area contributed by atoms with Gasteiger partial charge in [0, 0.05) is 38.3 Å². The number of rotatable bonds is 11. The van der Waals surface area contributed by atoms with Crippen LogP contribution in [0.15, 0.2) is 52.3 Å². The Bertz CT molecular complexity index is 1360. The van der Waals surface area contributed by atoms with Crippen molar-refractivity contribution in [2.24, 2.45) is 0 Å². The summed E-state index contributed by atoms with van der Waals surface area (Å²) < 4.78 is 80.1. The lowest BCUT2D eigenvalue weighted by atomic mass is 9.88. The molecule has 2 atom stereocenters. The Kier molecular flexibility index (Phi) is 9.31. The predicted molar refractivity (Wildman–Crippen MR) is 143 cm³/mol. The number of hydrogen-bond acceptors (Lipinski definition) is 8. The van der Waals surface area contributed by atoms with Gasteiger partial charge in [-0.2, -0.15) is 4.31 Å². The lowest BCUT2D eigenvalue weighted by Gasteiger charge is -2.38. The molecule has 216 valence electrons. The third-order valence-corrected chi connectivity index (χ3v) is 10.5. The summed E-state index contributed by atoms with van der Waals surface area (Å²) in [6.07, 6.45) is 0.815. The average Bonchev–Trinajstić information content (AvgIpc) is 3.30. The van der Waals surface area contributed by atoms with Crippen molar-refractivity contribution in [1.29, 1.82) is 0 Å². The second-order valence-electron chi connectivity index (χ2n) is 10.1. The van der Waals surface area contributed by atoms with E-state index in [-0.39, 0.29) is 48.6 Å². The zero-order valence-corrected chi connectivity index (χ0v) is 23.7. The topological polar surface area (TPSA) is 134 Å². The summed E-state index contributed by atoms with van der Waals surface area (Å²) in [5.74, 6) is -0.417. The molecule has 3 N–H and O–H groups in total. The minimum absolute atomic E-state index is 0.0226. The monoisotopic (exact) mass is 585 g/mol. The zero-order chi connectivity index (χ0) is 28.3. The number of halogens is 1. The highest BCUT2D eigenvalue weighted by Crippen LogP contribution is 2.37. The summed E-state index contributed by atoms with van der Waals surface area (Å²) in [5, 5.41) is 13.7. The minimum Gasteiger partial charge on any atom is -0.491 e. The first-order valence-corrected chi connectivity index (χ1v) is 15.9. The summed E-state index contributed by atoms with van der Waals surface area (Å²) in [7, 11) is -7.54. The van der Waals surface area contributed by atoms with Gasteiger partial charge in [-0.15, -0.1) is 0 Å². The number of benzene rings is 2. The number of aliphatic hydroxyl groups excluding tert-OH is 1. The van der Waals surface area contributed by atoms with Gasteiger partial charge in [0.25, 0.3) is 0 Å². The molecule has 0 amide bonds. The molecule has 39 heavy (non-hydrogen) atoms. The van der Waals surface area contributed by atoms with E-state index in [9.17, 15) is 26.3 Å². The third-order valence-electron chi connectivity index (χ3n) is 7.08. The number of aryl methyl sites for hydroxylation is 1. The van der Waals surface area contributed by atoms with E-state index in [1.54, 1.807) is 32.0 Å². The van der Waals surface area contributed by atoms with Crippen LogP contribution in [0.3, 0.4) is 0 Å². The fourth-order valence-corrected chi connectivity index (χ4v) is 7.63. The molecule has 2 saturated heterocycles. The molecule has 2 aliphatic rings. The zero-order valence-electron chi connectivity index (χ0n) is 22.1. The molecular weight excluding hydrogens is 549 g/mol. The van der Waals surface area contributed by atoms with Gasteiger partial charge in [-0.1, -0.05) is 19.1 Å². The standard InChI is InChI=1S/C26H36FN3O7S2/c1-3-29-38(32,33)23-6-4-5-22(14-23)36-18-21(31)16-28-20-15-26(37-17-20)9-11-30(12-10-26)39(34,35)25-13-19(2)7-8-24(25)27/h4-8,13-14,20-21,28-29,31H,3,9-12,15-18H2,1-2H3/t20?,21-/m0/s1. The number of ether oxygens (including phenoxy) is 2. The van der Waals surface area contributed by atoms with Crippen LogP contribution < -0.4 is 14.8 Å². The second-order valence-corrected chi connectivity index (χ2v) is 13.8. The highest BCUT2D eigenvalue weighted by molar-refractivity contribution is 7.89. The number of nitrogens with zero attached hydrogens (tertiary/aromatic N) is 1. The Hall–Kier alpha value is -2.13. The van der Waals surface area contributed by atoms with Crippen LogP contribution in [0, 0.1) is 12.7 Å². The summed E-state index contributed by atoms with van der Waals surface area (Å²) in [6.45, 7) is 4.81. The fraction of sp³-hybridized carbons (Fsp3) is 0.538. The van der Waals surface area contributed by atoms with Crippen molar-refractivity contribution in [3.05, 3.63) is 53.8 Å². The molecule has 1 spiro atoms. The van der Waals surface area contributed by atoms with Crippen LogP contribution in [-0.2, 0) is 24.8 Å². The molecule has 0 radical (unpaired) electrons. The van der Waals surface area contributed by atoms with Crippen LogP contribution in [0.4, 0.5) is 4.39 Å². The molecule has 10 nitrogen and oxygen atoms in total. The molecule has 2 aromatic rings. The van der Waals surface area contributed by atoms with Crippen molar-refractivity contribution in [3.8, 4) is 5.75 Å². The van der Waals surface area contributed by atoms with E-state index < -0.39 is 37.6 Å².